The minimum Gasteiger partial charge on any atom is -0.224 e. The molecule has 0 aromatic heterocycles. The number of nitrogens with zero attached hydrogens (tertiary/aromatic N) is 1. The van der Waals surface area contributed by atoms with Crippen LogP contribution >= 0.6 is 0 Å². The van der Waals surface area contributed by atoms with Crippen LogP contribution in [0.25, 0.3) is 11.1 Å². The van der Waals surface area contributed by atoms with Gasteiger partial charge in [0.05, 0.1) is 9.79 Å². The van der Waals surface area contributed by atoms with Crippen molar-refractivity contribution in [3.63, 3.8) is 0 Å². The maximum atomic E-state index is 12.9. The van der Waals surface area contributed by atoms with E-state index in [1.165, 1.54) is 6.26 Å². The molecule has 2 aromatic carbocycles. The third kappa shape index (κ3) is 3.84. The third-order valence-corrected chi connectivity index (χ3v) is 7.98. The zero-order valence-electron chi connectivity index (χ0n) is 14.9. The number of hydrogen-bond acceptors (Lipinski definition) is 4. The first-order valence-electron chi connectivity index (χ1n) is 8.62. The van der Waals surface area contributed by atoms with Crippen LogP contribution in [0.4, 0.5) is 0 Å². The van der Waals surface area contributed by atoms with Gasteiger partial charge in [-0.3, -0.25) is 0 Å². The molecule has 0 saturated carbocycles. The topological polar surface area (TPSA) is 71.5 Å². The molecule has 1 atom stereocenters. The van der Waals surface area contributed by atoms with E-state index in [9.17, 15) is 16.8 Å². The van der Waals surface area contributed by atoms with Crippen LogP contribution in [0.2, 0.25) is 0 Å². The van der Waals surface area contributed by atoms with E-state index in [-0.39, 0.29) is 10.9 Å². The summed E-state index contributed by atoms with van der Waals surface area (Å²) >= 11 is 0. The minimum absolute atomic E-state index is 0.0250. The van der Waals surface area contributed by atoms with Crippen molar-refractivity contribution in [3.8, 4) is 11.1 Å². The highest BCUT2D eigenvalue weighted by Crippen LogP contribution is 2.27. The first-order chi connectivity index (χ1) is 12.2. The molecule has 1 aliphatic rings. The summed E-state index contributed by atoms with van der Waals surface area (Å²) in [4.78, 5) is 0.558. The van der Waals surface area contributed by atoms with Gasteiger partial charge < -0.3 is 0 Å². The van der Waals surface area contributed by atoms with Gasteiger partial charge in [-0.05, 0) is 55.2 Å². The molecule has 5 nitrogen and oxygen atoms in total. The second-order valence-electron chi connectivity index (χ2n) is 6.78. The smallest absolute Gasteiger partial charge is 0.224 e. The van der Waals surface area contributed by atoms with Crippen LogP contribution in [0.15, 0.2) is 58.3 Å². The molecule has 1 unspecified atom stereocenters. The molecule has 0 N–H and O–H groups in total. The van der Waals surface area contributed by atoms with E-state index in [1.807, 2.05) is 6.92 Å². The fourth-order valence-electron chi connectivity index (χ4n) is 3.28. The first-order valence-corrected chi connectivity index (χ1v) is 11.9. The Bertz CT molecular complexity index is 979. The maximum absolute atomic E-state index is 12.9. The molecule has 26 heavy (non-hydrogen) atoms. The number of hydrogen-bond donors (Lipinski definition) is 0. The first kappa shape index (κ1) is 19.1. The van der Waals surface area contributed by atoms with E-state index in [2.05, 4.69) is 0 Å². The van der Waals surface area contributed by atoms with Gasteiger partial charge in [0, 0.05) is 18.8 Å². The van der Waals surface area contributed by atoms with Crippen LogP contribution in [-0.4, -0.2) is 40.0 Å². The Morgan fingerprint density at radius 1 is 0.808 bits per heavy atom. The molecular weight excluding hydrogens is 370 g/mol. The van der Waals surface area contributed by atoms with Crippen molar-refractivity contribution >= 4 is 19.9 Å². The monoisotopic (exact) mass is 393 g/mol. The normalized spacial score (nSPS) is 19.4. The Hall–Kier alpha value is -1.70. The summed E-state index contributed by atoms with van der Waals surface area (Å²) in [7, 11) is -6.71. The Balaban J connectivity index is 1.86. The molecule has 1 heterocycles. The molecule has 1 fully saturated rings. The largest absolute Gasteiger partial charge is 0.243 e. The molecule has 0 amide bonds. The van der Waals surface area contributed by atoms with Crippen molar-refractivity contribution in [2.75, 3.05) is 12.8 Å². The van der Waals surface area contributed by atoms with E-state index in [4.69, 9.17) is 0 Å². The van der Waals surface area contributed by atoms with Gasteiger partial charge in [-0.1, -0.05) is 30.7 Å². The highest BCUT2D eigenvalue weighted by molar-refractivity contribution is 7.90. The van der Waals surface area contributed by atoms with Crippen molar-refractivity contribution in [2.24, 2.45) is 0 Å². The zero-order valence-corrected chi connectivity index (χ0v) is 16.6. The standard InChI is InChI=1S/C19H23NO4S2/c1-15-5-3-4-14-20(15)26(23,24)19-12-8-17(9-13-19)16-6-10-18(11-7-16)25(2,21)22/h6-13,15H,3-5,14H2,1-2H3. The van der Waals surface area contributed by atoms with Gasteiger partial charge in [0.15, 0.2) is 9.84 Å². The minimum atomic E-state index is -3.48. The number of rotatable bonds is 4. The number of benzene rings is 2. The Morgan fingerprint density at radius 2 is 1.31 bits per heavy atom. The fourth-order valence-corrected chi connectivity index (χ4v) is 5.61. The van der Waals surface area contributed by atoms with Gasteiger partial charge in [0.25, 0.3) is 0 Å². The molecule has 140 valence electrons. The molecule has 0 bridgehead atoms. The van der Waals surface area contributed by atoms with Crippen molar-refractivity contribution in [3.05, 3.63) is 48.5 Å². The summed E-state index contributed by atoms with van der Waals surface area (Å²) in [6, 6.07) is 13.4. The summed E-state index contributed by atoms with van der Waals surface area (Å²) in [5.41, 5.74) is 1.68. The van der Waals surface area contributed by atoms with E-state index >= 15 is 0 Å². The maximum Gasteiger partial charge on any atom is 0.243 e. The average Bonchev–Trinajstić information content (AvgIpc) is 2.61. The SMILES string of the molecule is CC1CCCCN1S(=O)(=O)c1ccc(-c2ccc(S(C)(=O)=O)cc2)cc1. The third-order valence-electron chi connectivity index (χ3n) is 4.82. The lowest BCUT2D eigenvalue weighted by Gasteiger charge is -2.32. The Morgan fingerprint density at radius 3 is 1.77 bits per heavy atom. The van der Waals surface area contributed by atoms with Crippen LogP contribution in [0.1, 0.15) is 26.2 Å². The molecule has 2 aromatic rings. The van der Waals surface area contributed by atoms with Crippen LogP contribution in [0, 0.1) is 0 Å². The van der Waals surface area contributed by atoms with E-state index in [1.54, 1.807) is 52.8 Å². The fraction of sp³-hybridized carbons (Fsp3) is 0.368. The summed E-state index contributed by atoms with van der Waals surface area (Å²) in [5.74, 6) is 0. The summed E-state index contributed by atoms with van der Waals surface area (Å²) in [6.07, 6.45) is 4.02. The number of sulfone groups is 1. The molecule has 1 saturated heterocycles. The molecule has 0 aliphatic carbocycles. The Labute approximate surface area is 155 Å². The van der Waals surface area contributed by atoms with Crippen molar-refractivity contribution in [1.29, 1.82) is 0 Å². The van der Waals surface area contributed by atoms with Crippen LogP contribution < -0.4 is 0 Å². The zero-order chi connectivity index (χ0) is 18.9. The molecule has 0 radical (unpaired) electrons. The van der Waals surface area contributed by atoms with Gasteiger partial charge in [-0.15, -0.1) is 0 Å². The van der Waals surface area contributed by atoms with Gasteiger partial charge in [-0.2, -0.15) is 4.31 Å². The van der Waals surface area contributed by atoms with Crippen molar-refractivity contribution in [1.82, 2.24) is 4.31 Å². The van der Waals surface area contributed by atoms with Gasteiger partial charge in [-0.25, -0.2) is 16.8 Å². The molecular formula is C19H23NO4S2. The predicted octanol–water partition coefficient (Wildman–Crippen LogP) is 3.32. The summed E-state index contributed by atoms with van der Waals surface area (Å²) < 4.78 is 50.4. The van der Waals surface area contributed by atoms with Crippen LogP contribution in [0.3, 0.4) is 0 Å². The molecule has 3 rings (SSSR count). The van der Waals surface area contributed by atoms with Crippen LogP contribution in [-0.2, 0) is 19.9 Å². The van der Waals surface area contributed by atoms with Gasteiger partial charge in [0.2, 0.25) is 10.0 Å². The lowest BCUT2D eigenvalue weighted by Crippen LogP contribution is -2.41. The highest BCUT2D eigenvalue weighted by Gasteiger charge is 2.30. The molecule has 1 aliphatic heterocycles. The number of piperidine rings is 1. The average molecular weight is 394 g/mol. The van der Waals surface area contributed by atoms with Crippen molar-refractivity contribution < 1.29 is 16.8 Å². The van der Waals surface area contributed by atoms with Crippen LogP contribution in [0.5, 0.6) is 0 Å². The second-order valence-corrected chi connectivity index (χ2v) is 10.7. The lowest BCUT2D eigenvalue weighted by atomic mass is 10.1. The Kier molecular flexibility index (Phi) is 5.23. The quantitative estimate of drug-likeness (QED) is 0.799. The summed E-state index contributed by atoms with van der Waals surface area (Å²) in [5, 5.41) is 0. The van der Waals surface area contributed by atoms with Gasteiger partial charge in [0.1, 0.15) is 0 Å². The molecule has 7 heteroatoms. The van der Waals surface area contributed by atoms with E-state index in [0.717, 1.165) is 30.4 Å². The lowest BCUT2D eigenvalue weighted by molar-refractivity contribution is 0.268. The van der Waals surface area contributed by atoms with E-state index in [0.29, 0.717) is 11.4 Å². The predicted molar refractivity (Wildman–Crippen MR) is 102 cm³/mol. The van der Waals surface area contributed by atoms with Crippen molar-refractivity contribution in [2.45, 2.75) is 42.0 Å². The summed E-state index contributed by atoms with van der Waals surface area (Å²) in [6.45, 7) is 2.52. The van der Waals surface area contributed by atoms with E-state index < -0.39 is 19.9 Å². The second kappa shape index (κ2) is 7.13. The number of sulfonamides is 1. The highest BCUT2D eigenvalue weighted by atomic mass is 32.2. The van der Waals surface area contributed by atoms with Gasteiger partial charge >= 0.3 is 0 Å². The molecule has 0 spiro atoms.